The summed E-state index contributed by atoms with van der Waals surface area (Å²) in [5, 5.41) is 1.03. The lowest BCUT2D eigenvalue weighted by Crippen LogP contribution is -2.36. The van der Waals surface area contributed by atoms with Crippen LogP contribution in [0.15, 0.2) is 0 Å². The zero-order valence-corrected chi connectivity index (χ0v) is 9.60. The van der Waals surface area contributed by atoms with Gasteiger partial charge in [-0.05, 0) is 0 Å². The van der Waals surface area contributed by atoms with Crippen LogP contribution < -0.4 is 5.32 Å². The van der Waals surface area contributed by atoms with E-state index in [1.807, 2.05) is 0 Å². The van der Waals surface area contributed by atoms with E-state index in [2.05, 4.69) is 14.8 Å². The molecule has 0 fully saturated rings. The van der Waals surface area contributed by atoms with Gasteiger partial charge < -0.3 is 14.8 Å². The maximum absolute atomic E-state index is 11.6. The highest BCUT2D eigenvalue weighted by Crippen LogP contribution is 2.13. The Morgan fingerprint density at radius 2 is 2.00 bits per heavy atom. The number of hydrogen-bond donors (Lipinski definition) is 1. The van der Waals surface area contributed by atoms with E-state index < -0.39 is 36.6 Å². The first-order valence-corrected chi connectivity index (χ1v) is 4.83. The molecule has 0 radical (unpaired) electrons. The van der Waals surface area contributed by atoms with Crippen molar-refractivity contribution in [3.8, 4) is 0 Å². The van der Waals surface area contributed by atoms with Crippen molar-refractivity contribution in [1.82, 2.24) is 5.32 Å². The molecule has 0 aromatic carbocycles. The third-order valence-corrected chi connectivity index (χ3v) is 1.77. The quantitative estimate of drug-likeness (QED) is 0.566. The standard InChI is InChI=1S/C8H11ClF3NO4/c1-16-7(15)5(9)2-13-6(14)3-17-4-8(10,11)12/h5H,2-4H2,1H3,(H,13,14). The summed E-state index contributed by atoms with van der Waals surface area (Å²) in [6.07, 6.45) is -4.48. The van der Waals surface area contributed by atoms with Gasteiger partial charge in [-0.15, -0.1) is 11.6 Å². The van der Waals surface area contributed by atoms with Crippen molar-refractivity contribution < 1.29 is 32.2 Å². The van der Waals surface area contributed by atoms with Gasteiger partial charge in [0.05, 0.1) is 7.11 Å². The fourth-order valence-corrected chi connectivity index (χ4v) is 0.891. The molecule has 0 aromatic heterocycles. The van der Waals surface area contributed by atoms with Gasteiger partial charge in [0, 0.05) is 6.54 Å². The van der Waals surface area contributed by atoms with Gasteiger partial charge in [-0.2, -0.15) is 13.2 Å². The topological polar surface area (TPSA) is 64.6 Å². The van der Waals surface area contributed by atoms with Crippen LogP contribution in [0.1, 0.15) is 0 Å². The van der Waals surface area contributed by atoms with Crippen molar-refractivity contribution in [2.75, 3.05) is 26.9 Å². The highest BCUT2D eigenvalue weighted by Gasteiger charge is 2.27. The third-order valence-electron chi connectivity index (χ3n) is 1.43. The first kappa shape index (κ1) is 16.0. The average molecular weight is 278 g/mol. The van der Waals surface area contributed by atoms with Gasteiger partial charge in [-0.25, -0.2) is 0 Å². The molecule has 100 valence electrons. The molecule has 1 amide bonds. The van der Waals surface area contributed by atoms with E-state index in [1.54, 1.807) is 0 Å². The summed E-state index contributed by atoms with van der Waals surface area (Å²) in [5.41, 5.74) is 0. The summed E-state index contributed by atoms with van der Waals surface area (Å²) >= 11 is 5.47. The summed E-state index contributed by atoms with van der Waals surface area (Å²) in [6, 6.07) is 0. The molecule has 17 heavy (non-hydrogen) atoms. The molecule has 0 saturated carbocycles. The molecular formula is C8H11ClF3NO4. The highest BCUT2D eigenvalue weighted by atomic mass is 35.5. The van der Waals surface area contributed by atoms with Gasteiger partial charge >= 0.3 is 12.1 Å². The second-order valence-electron chi connectivity index (χ2n) is 2.90. The molecule has 0 bridgehead atoms. The Balaban J connectivity index is 3.70. The number of carbonyl (C=O) groups excluding carboxylic acids is 2. The van der Waals surface area contributed by atoms with Crippen LogP contribution in [0.25, 0.3) is 0 Å². The molecule has 1 atom stereocenters. The van der Waals surface area contributed by atoms with E-state index >= 15 is 0 Å². The highest BCUT2D eigenvalue weighted by molar-refractivity contribution is 6.30. The Bertz CT molecular complexity index is 272. The lowest BCUT2D eigenvalue weighted by atomic mass is 10.4. The number of amides is 1. The van der Waals surface area contributed by atoms with E-state index in [4.69, 9.17) is 11.6 Å². The summed E-state index contributed by atoms with van der Waals surface area (Å²) < 4.78 is 43.2. The molecule has 0 aliphatic rings. The maximum Gasteiger partial charge on any atom is 0.411 e. The minimum atomic E-state index is -4.48. The number of rotatable bonds is 6. The van der Waals surface area contributed by atoms with Crippen molar-refractivity contribution in [2.24, 2.45) is 0 Å². The molecule has 0 aromatic rings. The fraction of sp³-hybridized carbons (Fsp3) is 0.750. The van der Waals surface area contributed by atoms with Gasteiger partial charge in [-0.1, -0.05) is 0 Å². The molecule has 1 N–H and O–H groups in total. The van der Waals surface area contributed by atoms with Crippen molar-refractivity contribution in [3.05, 3.63) is 0 Å². The SMILES string of the molecule is COC(=O)C(Cl)CNC(=O)COCC(F)(F)F. The van der Waals surface area contributed by atoms with Crippen LogP contribution in [0.3, 0.4) is 0 Å². The van der Waals surface area contributed by atoms with Crippen molar-refractivity contribution in [1.29, 1.82) is 0 Å². The number of ether oxygens (including phenoxy) is 2. The molecule has 0 saturated heterocycles. The van der Waals surface area contributed by atoms with Crippen LogP contribution >= 0.6 is 11.6 Å². The Morgan fingerprint density at radius 3 is 2.47 bits per heavy atom. The molecule has 0 spiro atoms. The lowest BCUT2D eigenvalue weighted by molar-refractivity contribution is -0.175. The normalized spacial score (nSPS) is 13.0. The molecule has 0 heterocycles. The summed E-state index contributed by atoms with van der Waals surface area (Å²) in [5.74, 6) is -1.55. The number of carbonyl (C=O) groups is 2. The lowest BCUT2D eigenvalue weighted by Gasteiger charge is -2.10. The van der Waals surface area contributed by atoms with Crippen LogP contribution in [-0.2, 0) is 19.1 Å². The minimum absolute atomic E-state index is 0.248. The number of halogens is 4. The van der Waals surface area contributed by atoms with Crippen LogP contribution in [0.4, 0.5) is 13.2 Å². The number of methoxy groups -OCH3 is 1. The molecule has 0 rings (SSSR count). The van der Waals surface area contributed by atoms with Crippen LogP contribution in [0, 0.1) is 0 Å². The van der Waals surface area contributed by atoms with Gasteiger partial charge in [-0.3, -0.25) is 9.59 Å². The fourth-order valence-electron chi connectivity index (χ4n) is 0.725. The van der Waals surface area contributed by atoms with Gasteiger partial charge in [0.2, 0.25) is 5.91 Å². The van der Waals surface area contributed by atoms with E-state index in [-0.39, 0.29) is 6.54 Å². The molecule has 0 aliphatic heterocycles. The Labute approximate surface area is 100 Å². The maximum atomic E-state index is 11.6. The first-order chi connectivity index (χ1) is 7.76. The molecule has 1 unspecified atom stereocenters. The van der Waals surface area contributed by atoms with Gasteiger partial charge in [0.1, 0.15) is 18.6 Å². The average Bonchev–Trinajstić information content (AvgIpc) is 2.22. The van der Waals surface area contributed by atoms with E-state index in [9.17, 15) is 22.8 Å². The number of alkyl halides is 4. The smallest absolute Gasteiger partial charge is 0.411 e. The van der Waals surface area contributed by atoms with Crippen molar-refractivity contribution in [3.63, 3.8) is 0 Å². The second-order valence-corrected chi connectivity index (χ2v) is 3.43. The van der Waals surface area contributed by atoms with Gasteiger partial charge in [0.25, 0.3) is 0 Å². The zero-order valence-electron chi connectivity index (χ0n) is 8.84. The Hall–Kier alpha value is -1.02. The van der Waals surface area contributed by atoms with Crippen molar-refractivity contribution in [2.45, 2.75) is 11.6 Å². The number of nitrogens with one attached hydrogen (secondary N) is 1. The largest absolute Gasteiger partial charge is 0.468 e. The Kier molecular flexibility index (Phi) is 6.89. The predicted molar refractivity (Wildman–Crippen MR) is 51.5 cm³/mol. The molecular weight excluding hydrogens is 267 g/mol. The third kappa shape index (κ3) is 8.75. The summed E-state index contributed by atoms with van der Waals surface area (Å²) in [6.45, 7) is -2.52. The van der Waals surface area contributed by atoms with E-state index in [0.717, 1.165) is 7.11 Å². The Morgan fingerprint density at radius 1 is 1.41 bits per heavy atom. The molecule has 9 heteroatoms. The number of esters is 1. The number of hydrogen-bond acceptors (Lipinski definition) is 4. The second kappa shape index (κ2) is 7.33. The van der Waals surface area contributed by atoms with Crippen LogP contribution in [0.5, 0.6) is 0 Å². The minimum Gasteiger partial charge on any atom is -0.468 e. The van der Waals surface area contributed by atoms with E-state index in [0.29, 0.717) is 0 Å². The summed E-state index contributed by atoms with van der Waals surface area (Å²) in [7, 11) is 1.12. The van der Waals surface area contributed by atoms with Gasteiger partial charge in [0.15, 0.2) is 0 Å². The van der Waals surface area contributed by atoms with Crippen LogP contribution in [-0.4, -0.2) is 50.3 Å². The van der Waals surface area contributed by atoms with E-state index in [1.165, 1.54) is 0 Å². The summed E-state index contributed by atoms with van der Waals surface area (Å²) in [4.78, 5) is 21.7. The molecule has 0 aliphatic carbocycles. The zero-order chi connectivity index (χ0) is 13.5. The molecule has 5 nitrogen and oxygen atoms in total. The monoisotopic (exact) mass is 277 g/mol. The van der Waals surface area contributed by atoms with Crippen LogP contribution in [0.2, 0.25) is 0 Å². The first-order valence-electron chi connectivity index (χ1n) is 4.39. The predicted octanol–water partition coefficient (Wildman–Crippen LogP) is 0.462. The van der Waals surface area contributed by atoms with Crippen molar-refractivity contribution >= 4 is 23.5 Å².